The SMILES string of the molecule is Cn1c(CN2CCOCC2)nnc1C1CCN(CCc2ccccc2)CC1. The number of nitrogens with zero attached hydrogens (tertiary/aromatic N) is 5. The van der Waals surface area contributed by atoms with Crippen molar-refractivity contribution in [3.8, 4) is 0 Å². The zero-order valence-electron chi connectivity index (χ0n) is 16.4. The quantitative estimate of drug-likeness (QED) is 0.780. The van der Waals surface area contributed by atoms with Gasteiger partial charge in [0, 0.05) is 32.6 Å². The van der Waals surface area contributed by atoms with Crippen molar-refractivity contribution in [3.05, 3.63) is 47.5 Å². The second-order valence-electron chi connectivity index (χ2n) is 7.77. The second-order valence-corrected chi connectivity index (χ2v) is 7.77. The Balaban J connectivity index is 1.28. The van der Waals surface area contributed by atoms with E-state index in [4.69, 9.17) is 4.74 Å². The monoisotopic (exact) mass is 369 g/mol. The summed E-state index contributed by atoms with van der Waals surface area (Å²) >= 11 is 0. The topological polar surface area (TPSA) is 46.4 Å². The van der Waals surface area contributed by atoms with Crippen molar-refractivity contribution in [2.24, 2.45) is 7.05 Å². The van der Waals surface area contributed by atoms with E-state index in [0.717, 1.165) is 64.7 Å². The number of piperidine rings is 1. The molecule has 0 radical (unpaired) electrons. The molecule has 0 saturated carbocycles. The Bertz CT molecular complexity index is 703. The van der Waals surface area contributed by atoms with Crippen molar-refractivity contribution in [3.63, 3.8) is 0 Å². The zero-order chi connectivity index (χ0) is 18.5. The molecule has 146 valence electrons. The first-order valence-electron chi connectivity index (χ1n) is 10.2. The van der Waals surface area contributed by atoms with Gasteiger partial charge in [0.05, 0.1) is 19.8 Å². The molecule has 0 N–H and O–H groups in total. The van der Waals surface area contributed by atoms with Crippen LogP contribution in [0.2, 0.25) is 0 Å². The molecule has 2 aromatic rings. The molecule has 27 heavy (non-hydrogen) atoms. The highest BCUT2D eigenvalue weighted by molar-refractivity contribution is 5.15. The Morgan fingerprint density at radius 2 is 1.70 bits per heavy atom. The van der Waals surface area contributed by atoms with Gasteiger partial charge in [-0.25, -0.2) is 0 Å². The lowest BCUT2D eigenvalue weighted by molar-refractivity contribution is 0.0326. The fraction of sp³-hybridized carbons (Fsp3) is 0.619. The third-order valence-electron chi connectivity index (χ3n) is 5.98. The van der Waals surface area contributed by atoms with E-state index in [1.165, 1.54) is 24.2 Å². The third-order valence-corrected chi connectivity index (χ3v) is 5.98. The number of hydrogen-bond donors (Lipinski definition) is 0. The minimum Gasteiger partial charge on any atom is -0.379 e. The molecule has 0 aliphatic carbocycles. The summed E-state index contributed by atoms with van der Waals surface area (Å²) in [5.74, 6) is 2.79. The van der Waals surface area contributed by atoms with Gasteiger partial charge in [-0.3, -0.25) is 4.90 Å². The normalized spacial score (nSPS) is 20.2. The summed E-state index contributed by atoms with van der Waals surface area (Å²) in [6, 6.07) is 10.8. The molecule has 2 fully saturated rings. The summed E-state index contributed by atoms with van der Waals surface area (Å²) in [4.78, 5) is 5.00. The summed E-state index contributed by atoms with van der Waals surface area (Å²) in [6.07, 6.45) is 3.50. The zero-order valence-corrected chi connectivity index (χ0v) is 16.4. The van der Waals surface area contributed by atoms with Crippen LogP contribution in [-0.2, 0) is 24.8 Å². The van der Waals surface area contributed by atoms with Gasteiger partial charge in [0.2, 0.25) is 0 Å². The van der Waals surface area contributed by atoms with Crippen LogP contribution >= 0.6 is 0 Å². The van der Waals surface area contributed by atoms with Gasteiger partial charge < -0.3 is 14.2 Å². The van der Waals surface area contributed by atoms with Gasteiger partial charge in [0.25, 0.3) is 0 Å². The van der Waals surface area contributed by atoms with E-state index in [-0.39, 0.29) is 0 Å². The molecule has 2 saturated heterocycles. The van der Waals surface area contributed by atoms with Crippen molar-refractivity contribution in [1.29, 1.82) is 0 Å². The van der Waals surface area contributed by atoms with Crippen LogP contribution < -0.4 is 0 Å². The lowest BCUT2D eigenvalue weighted by atomic mass is 9.95. The Hall–Kier alpha value is -1.76. The average molecular weight is 370 g/mol. The summed E-state index contributed by atoms with van der Waals surface area (Å²) < 4.78 is 7.67. The molecule has 2 aliphatic rings. The van der Waals surface area contributed by atoms with Crippen LogP contribution in [0.25, 0.3) is 0 Å². The maximum atomic E-state index is 5.44. The number of likely N-dealkylation sites (tertiary alicyclic amines) is 1. The summed E-state index contributed by atoms with van der Waals surface area (Å²) in [5, 5.41) is 9.06. The van der Waals surface area contributed by atoms with Crippen molar-refractivity contribution in [2.75, 3.05) is 45.9 Å². The van der Waals surface area contributed by atoms with Gasteiger partial charge in [0.1, 0.15) is 11.6 Å². The fourth-order valence-corrected chi connectivity index (χ4v) is 4.17. The number of morpholine rings is 1. The highest BCUT2D eigenvalue weighted by atomic mass is 16.5. The molecule has 3 heterocycles. The van der Waals surface area contributed by atoms with E-state index < -0.39 is 0 Å². The van der Waals surface area contributed by atoms with Crippen LogP contribution in [0.1, 0.15) is 36.0 Å². The minimum atomic E-state index is 0.536. The maximum Gasteiger partial charge on any atom is 0.146 e. The number of hydrogen-bond acceptors (Lipinski definition) is 5. The van der Waals surface area contributed by atoms with Gasteiger partial charge in [-0.15, -0.1) is 10.2 Å². The van der Waals surface area contributed by atoms with Crippen molar-refractivity contribution in [2.45, 2.75) is 31.7 Å². The lowest BCUT2D eigenvalue weighted by Crippen LogP contribution is -2.36. The Kier molecular flexibility index (Phi) is 6.17. The van der Waals surface area contributed by atoms with Gasteiger partial charge in [-0.05, 0) is 37.9 Å². The first-order valence-corrected chi connectivity index (χ1v) is 10.2. The Morgan fingerprint density at radius 3 is 2.44 bits per heavy atom. The summed E-state index contributed by atoms with van der Waals surface area (Å²) in [7, 11) is 2.13. The van der Waals surface area contributed by atoms with Gasteiger partial charge in [0.15, 0.2) is 0 Å². The van der Waals surface area contributed by atoms with Gasteiger partial charge >= 0.3 is 0 Å². The van der Waals surface area contributed by atoms with Crippen molar-refractivity contribution in [1.82, 2.24) is 24.6 Å². The minimum absolute atomic E-state index is 0.536. The van der Waals surface area contributed by atoms with Crippen LogP contribution in [0.15, 0.2) is 30.3 Å². The molecule has 0 spiro atoms. The molecule has 6 nitrogen and oxygen atoms in total. The van der Waals surface area contributed by atoms with Crippen LogP contribution in [0.5, 0.6) is 0 Å². The summed E-state index contributed by atoms with van der Waals surface area (Å²) in [6.45, 7) is 7.97. The number of ether oxygens (including phenoxy) is 1. The predicted octanol–water partition coefficient (Wildman–Crippen LogP) is 2.07. The first-order chi connectivity index (χ1) is 13.3. The van der Waals surface area contributed by atoms with Crippen LogP contribution in [-0.4, -0.2) is 70.5 Å². The Morgan fingerprint density at radius 1 is 0.963 bits per heavy atom. The third kappa shape index (κ3) is 4.75. The number of aromatic nitrogens is 3. The van der Waals surface area contributed by atoms with E-state index in [0.29, 0.717) is 5.92 Å². The van der Waals surface area contributed by atoms with Crippen LogP contribution in [0.4, 0.5) is 0 Å². The smallest absolute Gasteiger partial charge is 0.146 e. The van der Waals surface area contributed by atoms with E-state index in [1.807, 2.05) is 0 Å². The molecule has 0 bridgehead atoms. The van der Waals surface area contributed by atoms with Gasteiger partial charge in [-0.1, -0.05) is 30.3 Å². The highest BCUT2D eigenvalue weighted by Crippen LogP contribution is 2.27. The predicted molar refractivity (Wildman–Crippen MR) is 106 cm³/mol. The molecule has 6 heteroatoms. The standard InChI is InChI=1S/C21H31N5O/c1-24-20(17-26-13-15-27-16-14-26)22-23-21(24)19-8-11-25(12-9-19)10-7-18-5-3-2-4-6-18/h2-6,19H,7-17H2,1H3. The number of benzene rings is 1. The van der Waals surface area contributed by atoms with Crippen LogP contribution in [0, 0.1) is 0 Å². The molecule has 0 amide bonds. The van der Waals surface area contributed by atoms with Crippen LogP contribution in [0.3, 0.4) is 0 Å². The maximum absolute atomic E-state index is 5.44. The molecule has 0 atom stereocenters. The van der Waals surface area contributed by atoms with E-state index >= 15 is 0 Å². The van der Waals surface area contributed by atoms with E-state index in [9.17, 15) is 0 Å². The molecule has 0 unspecified atom stereocenters. The molecular formula is C21H31N5O. The van der Waals surface area contributed by atoms with E-state index in [2.05, 4.69) is 61.9 Å². The van der Waals surface area contributed by atoms with Crippen molar-refractivity contribution < 1.29 is 4.74 Å². The molecule has 2 aliphatic heterocycles. The Labute approximate surface area is 162 Å². The molecular weight excluding hydrogens is 338 g/mol. The molecule has 4 rings (SSSR count). The fourth-order valence-electron chi connectivity index (χ4n) is 4.17. The molecule has 1 aromatic carbocycles. The van der Waals surface area contributed by atoms with E-state index in [1.54, 1.807) is 0 Å². The highest BCUT2D eigenvalue weighted by Gasteiger charge is 2.25. The average Bonchev–Trinajstić information content (AvgIpc) is 3.09. The largest absolute Gasteiger partial charge is 0.379 e. The summed E-state index contributed by atoms with van der Waals surface area (Å²) in [5.41, 5.74) is 1.43. The second kappa shape index (κ2) is 8.95. The number of rotatable bonds is 6. The van der Waals surface area contributed by atoms with Gasteiger partial charge in [-0.2, -0.15) is 0 Å². The first kappa shape index (κ1) is 18.6. The van der Waals surface area contributed by atoms with Crippen molar-refractivity contribution >= 4 is 0 Å². The lowest BCUT2D eigenvalue weighted by Gasteiger charge is -2.31. The molecule has 1 aromatic heterocycles.